The Labute approximate surface area is 112 Å². The number of H-pyrrole nitrogens is 1. The van der Waals surface area contributed by atoms with E-state index in [1.54, 1.807) is 6.20 Å². The van der Waals surface area contributed by atoms with Crippen molar-refractivity contribution in [3.63, 3.8) is 0 Å². The minimum atomic E-state index is -0.127. The third kappa shape index (κ3) is 2.85. The molecule has 88 valence electrons. The van der Waals surface area contributed by atoms with Crippen molar-refractivity contribution >= 4 is 22.6 Å². The van der Waals surface area contributed by atoms with Crippen molar-refractivity contribution in [2.24, 2.45) is 0 Å². The van der Waals surface area contributed by atoms with Crippen molar-refractivity contribution in [3.05, 3.63) is 44.4 Å². The molecule has 0 spiro atoms. The maximum atomic E-state index is 11.5. The Hall–Kier alpha value is -1.37. The summed E-state index contributed by atoms with van der Waals surface area (Å²) < 4.78 is 5.98. The standard InChI is InChI=1S/C12H11IN2O2/c1-2-17-9-5-3-4-8(6-9)11-14-7-10(13)12(16)15-11/h3-7H,2H2,1H3,(H,14,15,16). The largest absolute Gasteiger partial charge is 0.494 e. The van der Waals surface area contributed by atoms with Crippen LogP contribution >= 0.6 is 22.6 Å². The summed E-state index contributed by atoms with van der Waals surface area (Å²) in [5, 5.41) is 0. The summed E-state index contributed by atoms with van der Waals surface area (Å²) in [6, 6.07) is 7.48. The van der Waals surface area contributed by atoms with E-state index in [1.165, 1.54) is 0 Å². The Bertz CT molecular complexity index is 581. The molecule has 0 atom stereocenters. The van der Waals surface area contributed by atoms with Crippen molar-refractivity contribution in [2.75, 3.05) is 6.61 Å². The van der Waals surface area contributed by atoms with Gasteiger partial charge >= 0.3 is 0 Å². The first-order valence-electron chi connectivity index (χ1n) is 5.18. The van der Waals surface area contributed by atoms with Crippen LogP contribution in [0.4, 0.5) is 0 Å². The molecule has 4 nitrogen and oxygen atoms in total. The molecule has 0 fully saturated rings. The molecule has 1 aromatic heterocycles. The van der Waals surface area contributed by atoms with Gasteiger partial charge in [0.1, 0.15) is 11.6 Å². The van der Waals surface area contributed by atoms with Gasteiger partial charge < -0.3 is 9.72 Å². The Morgan fingerprint density at radius 3 is 3.00 bits per heavy atom. The molecule has 5 heteroatoms. The zero-order valence-corrected chi connectivity index (χ0v) is 11.4. The zero-order valence-electron chi connectivity index (χ0n) is 9.24. The second-order valence-corrected chi connectivity index (χ2v) is 4.53. The predicted octanol–water partition coefficient (Wildman–Crippen LogP) is 2.44. The van der Waals surface area contributed by atoms with Crippen LogP contribution in [0.25, 0.3) is 11.4 Å². The summed E-state index contributed by atoms with van der Waals surface area (Å²) >= 11 is 1.95. The molecule has 1 N–H and O–H groups in total. The SMILES string of the molecule is CCOc1cccc(-c2ncc(I)c(=O)[nH]2)c1. The van der Waals surface area contributed by atoms with Crippen LogP contribution in [0.2, 0.25) is 0 Å². The van der Waals surface area contributed by atoms with Gasteiger partial charge in [-0.3, -0.25) is 4.79 Å². The van der Waals surface area contributed by atoms with Gasteiger partial charge in [-0.15, -0.1) is 0 Å². The first-order valence-corrected chi connectivity index (χ1v) is 6.26. The number of hydrogen-bond donors (Lipinski definition) is 1. The van der Waals surface area contributed by atoms with Crippen LogP contribution in [0.5, 0.6) is 5.75 Å². The lowest BCUT2D eigenvalue weighted by Gasteiger charge is -2.05. The number of halogens is 1. The van der Waals surface area contributed by atoms with E-state index in [0.717, 1.165) is 11.3 Å². The molecule has 1 aromatic carbocycles. The Morgan fingerprint density at radius 1 is 1.47 bits per heavy atom. The Morgan fingerprint density at radius 2 is 2.29 bits per heavy atom. The number of nitrogens with zero attached hydrogens (tertiary/aromatic N) is 1. The summed E-state index contributed by atoms with van der Waals surface area (Å²) in [6.45, 7) is 2.54. The van der Waals surface area contributed by atoms with Crippen molar-refractivity contribution in [3.8, 4) is 17.1 Å². The van der Waals surface area contributed by atoms with Crippen LogP contribution in [0, 0.1) is 3.57 Å². The van der Waals surface area contributed by atoms with E-state index < -0.39 is 0 Å². The maximum Gasteiger partial charge on any atom is 0.264 e. The van der Waals surface area contributed by atoms with E-state index in [4.69, 9.17) is 4.74 Å². The van der Waals surface area contributed by atoms with E-state index in [0.29, 0.717) is 16.0 Å². The van der Waals surface area contributed by atoms with Gasteiger partial charge in [-0.25, -0.2) is 4.98 Å². The highest BCUT2D eigenvalue weighted by atomic mass is 127. The second-order valence-electron chi connectivity index (χ2n) is 3.37. The average molecular weight is 342 g/mol. The zero-order chi connectivity index (χ0) is 12.3. The lowest BCUT2D eigenvalue weighted by atomic mass is 10.2. The fourth-order valence-corrected chi connectivity index (χ4v) is 1.70. The van der Waals surface area contributed by atoms with Crippen LogP contribution in [-0.4, -0.2) is 16.6 Å². The van der Waals surface area contributed by atoms with Gasteiger partial charge in [-0.2, -0.15) is 0 Å². The van der Waals surface area contributed by atoms with Crippen molar-refractivity contribution in [1.29, 1.82) is 0 Å². The highest BCUT2D eigenvalue weighted by Crippen LogP contribution is 2.20. The number of aromatic amines is 1. The molecule has 0 amide bonds. The van der Waals surface area contributed by atoms with E-state index in [1.807, 2.05) is 53.8 Å². The number of hydrogen-bond acceptors (Lipinski definition) is 3. The van der Waals surface area contributed by atoms with Gasteiger partial charge in [0.05, 0.1) is 10.2 Å². The molecular weight excluding hydrogens is 331 g/mol. The summed E-state index contributed by atoms with van der Waals surface area (Å²) in [4.78, 5) is 18.4. The highest BCUT2D eigenvalue weighted by molar-refractivity contribution is 14.1. The van der Waals surface area contributed by atoms with Gasteiger partial charge in [0, 0.05) is 11.8 Å². The number of aromatic nitrogens is 2. The predicted molar refractivity (Wildman–Crippen MR) is 74.2 cm³/mol. The molecule has 2 aromatic rings. The quantitative estimate of drug-likeness (QED) is 0.872. The van der Waals surface area contributed by atoms with Crippen LogP contribution in [-0.2, 0) is 0 Å². The van der Waals surface area contributed by atoms with Gasteiger partial charge in [-0.1, -0.05) is 12.1 Å². The lowest BCUT2D eigenvalue weighted by molar-refractivity contribution is 0.340. The lowest BCUT2D eigenvalue weighted by Crippen LogP contribution is -2.11. The number of rotatable bonds is 3. The Kier molecular flexibility index (Phi) is 3.78. The van der Waals surface area contributed by atoms with Gasteiger partial charge in [0.15, 0.2) is 0 Å². The molecule has 1 heterocycles. The third-order valence-electron chi connectivity index (χ3n) is 2.17. The van der Waals surface area contributed by atoms with Crippen molar-refractivity contribution in [1.82, 2.24) is 9.97 Å². The topological polar surface area (TPSA) is 55.0 Å². The van der Waals surface area contributed by atoms with Crippen molar-refractivity contribution in [2.45, 2.75) is 6.92 Å². The number of benzene rings is 1. The first kappa shape index (κ1) is 12.1. The van der Waals surface area contributed by atoms with Crippen LogP contribution in [0.15, 0.2) is 35.3 Å². The molecule has 0 saturated heterocycles. The smallest absolute Gasteiger partial charge is 0.264 e. The molecule has 0 bridgehead atoms. The second kappa shape index (κ2) is 5.31. The summed E-state index contributed by atoms with van der Waals surface area (Å²) in [6.07, 6.45) is 1.56. The molecule has 0 aliphatic rings. The number of ether oxygens (including phenoxy) is 1. The fraction of sp³-hybridized carbons (Fsp3) is 0.167. The normalized spacial score (nSPS) is 10.2. The fourth-order valence-electron chi connectivity index (χ4n) is 1.43. The van der Waals surface area contributed by atoms with E-state index >= 15 is 0 Å². The molecule has 2 rings (SSSR count). The summed E-state index contributed by atoms with van der Waals surface area (Å²) in [5.41, 5.74) is 0.710. The molecule has 0 saturated carbocycles. The van der Waals surface area contributed by atoms with Crippen LogP contribution in [0.1, 0.15) is 6.92 Å². The Balaban J connectivity index is 2.42. The molecule has 0 aliphatic carbocycles. The summed E-state index contributed by atoms with van der Waals surface area (Å²) in [7, 11) is 0. The molecule has 0 unspecified atom stereocenters. The van der Waals surface area contributed by atoms with Crippen molar-refractivity contribution < 1.29 is 4.74 Å². The van der Waals surface area contributed by atoms with Crippen LogP contribution < -0.4 is 10.3 Å². The minimum Gasteiger partial charge on any atom is -0.494 e. The number of nitrogens with one attached hydrogen (secondary N) is 1. The van der Waals surface area contributed by atoms with E-state index in [9.17, 15) is 4.79 Å². The molecule has 0 radical (unpaired) electrons. The van der Waals surface area contributed by atoms with E-state index in [2.05, 4.69) is 9.97 Å². The monoisotopic (exact) mass is 342 g/mol. The molecular formula is C12H11IN2O2. The van der Waals surface area contributed by atoms with Gasteiger partial charge in [0.2, 0.25) is 0 Å². The van der Waals surface area contributed by atoms with Gasteiger partial charge in [0.25, 0.3) is 5.56 Å². The highest BCUT2D eigenvalue weighted by Gasteiger charge is 2.03. The molecule has 0 aliphatic heterocycles. The van der Waals surface area contributed by atoms with Gasteiger partial charge in [-0.05, 0) is 41.6 Å². The van der Waals surface area contributed by atoms with E-state index in [-0.39, 0.29) is 5.56 Å². The maximum absolute atomic E-state index is 11.5. The molecule has 17 heavy (non-hydrogen) atoms. The first-order chi connectivity index (χ1) is 8.20. The summed E-state index contributed by atoms with van der Waals surface area (Å²) in [5.74, 6) is 1.32. The minimum absolute atomic E-state index is 0.127. The third-order valence-corrected chi connectivity index (χ3v) is 2.94. The van der Waals surface area contributed by atoms with Crippen LogP contribution in [0.3, 0.4) is 0 Å². The average Bonchev–Trinajstić information content (AvgIpc) is 2.33.